The van der Waals surface area contributed by atoms with E-state index in [0.29, 0.717) is 5.92 Å². The summed E-state index contributed by atoms with van der Waals surface area (Å²) >= 11 is 1.71. The monoisotopic (exact) mass is 346 g/mol. The molecule has 1 aliphatic heterocycles. The number of carbonyl (C=O) groups excluding carboxylic acids is 1. The third kappa shape index (κ3) is 3.53. The molecule has 1 saturated heterocycles. The van der Waals surface area contributed by atoms with Gasteiger partial charge in [-0.3, -0.25) is 4.79 Å². The zero-order valence-corrected chi connectivity index (χ0v) is 15.8. The standard InChI is InChI=1S/C18H26N4OS/c1-18(2,3)17(23)21(4)11-13-5-8-22(9-6-13)16-15-14(7-10-24-15)19-12-20-16/h7,10,12-13H,5-6,8-9,11H2,1-4H3. The first kappa shape index (κ1) is 17.1. The second-order valence-corrected chi connectivity index (χ2v) is 8.61. The van der Waals surface area contributed by atoms with Gasteiger partial charge in [0.1, 0.15) is 12.1 Å². The molecule has 0 saturated carbocycles. The summed E-state index contributed by atoms with van der Waals surface area (Å²) in [5.41, 5.74) is 0.726. The summed E-state index contributed by atoms with van der Waals surface area (Å²) < 4.78 is 1.18. The number of aromatic nitrogens is 2. The summed E-state index contributed by atoms with van der Waals surface area (Å²) in [7, 11) is 1.93. The number of carbonyl (C=O) groups is 1. The van der Waals surface area contributed by atoms with E-state index in [-0.39, 0.29) is 11.3 Å². The number of piperidine rings is 1. The van der Waals surface area contributed by atoms with Crippen LogP contribution in [0.1, 0.15) is 33.6 Å². The van der Waals surface area contributed by atoms with Gasteiger partial charge in [-0.2, -0.15) is 0 Å². The molecule has 0 radical (unpaired) electrons. The topological polar surface area (TPSA) is 49.3 Å². The van der Waals surface area contributed by atoms with Crippen molar-refractivity contribution in [2.75, 3.05) is 31.6 Å². The molecule has 0 aliphatic carbocycles. The minimum absolute atomic E-state index is 0.223. The number of amides is 1. The number of hydrogen-bond acceptors (Lipinski definition) is 5. The normalized spacial score (nSPS) is 16.6. The number of anilines is 1. The van der Waals surface area contributed by atoms with Gasteiger partial charge >= 0.3 is 0 Å². The van der Waals surface area contributed by atoms with Gasteiger partial charge in [-0.1, -0.05) is 20.8 Å². The van der Waals surface area contributed by atoms with Crippen molar-refractivity contribution in [1.29, 1.82) is 0 Å². The predicted octanol–water partition coefficient (Wildman–Crippen LogP) is 3.41. The maximum absolute atomic E-state index is 12.3. The van der Waals surface area contributed by atoms with Crippen LogP contribution in [0.15, 0.2) is 17.8 Å². The molecule has 3 heterocycles. The quantitative estimate of drug-likeness (QED) is 0.854. The van der Waals surface area contributed by atoms with Gasteiger partial charge in [0.25, 0.3) is 0 Å². The summed E-state index contributed by atoms with van der Waals surface area (Å²) in [5, 5.41) is 2.07. The number of fused-ring (bicyclic) bond motifs is 1. The third-order valence-corrected chi connectivity index (χ3v) is 5.56. The van der Waals surface area contributed by atoms with E-state index in [1.54, 1.807) is 17.7 Å². The highest BCUT2D eigenvalue weighted by Crippen LogP contribution is 2.31. The lowest BCUT2D eigenvalue weighted by Gasteiger charge is -2.36. The molecule has 0 atom stereocenters. The summed E-state index contributed by atoms with van der Waals surface area (Å²) in [5.74, 6) is 1.85. The van der Waals surface area contributed by atoms with E-state index in [4.69, 9.17) is 0 Å². The Bertz CT molecular complexity index is 713. The Morgan fingerprint density at radius 1 is 1.33 bits per heavy atom. The zero-order valence-electron chi connectivity index (χ0n) is 15.0. The highest BCUT2D eigenvalue weighted by Gasteiger charge is 2.28. The number of rotatable bonds is 3. The van der Waals surface area contributed by atoms with Gasteiger partial charge in [0.05, 0.1) is 10.2 Å². The van der Waals surface area contributed by atoms with E-state index in [1.807, 2.05) is 38.8 Å². The summed E-state index contributed by atoms with van der Waals surface area (Å²) in [6.07, 6.45) is 3.85. The average Bonchev–Trinajstić information content (AvgIpc) is 3.02. The van der Waals surface area contributed by atoms with E-state index in [2.05, 4.69) is 20.2 Å². The van der Waals surface area contributed by atoms with Crippen LogP contribution < -0.4 is 4.90 Å². The van der Waals surface area contributed by atoms with Gasteiger partial charge in [-0.15, -0.1) is 11.3 Å². The fourth-order valence-corrected chi connectivity index (χ4v) is 4.23. The van der Waals surface area contributed by atoms with Crippen molar-refractivity contribution < 1.29 is 4.79 Å². The molecule has 2 aromatic rings. The van der Waals surface area contributed by atoms with Crippen molar-refractivity contribution in [3.63, 3.8) is 0 Å². The Kier molecular flexibility index (Phi) is 4.76. The maximum Gasteiger partial charge on any atom is 0.227 e. The molecule has 24 heavy (non-hydrogen) atoms. The molecular weight excluding hydrogens is 320 g/mol. The molecule has 0 aromatic carbocycles. The van der Waals surface area contributed by atoms with E-state index in [0.717, 1.165) is 43.8 Å². The van der Waals surface area contributed by atoms with Crippen molar-refractivity contribution in [3.8, 4) is 0 Å². The Morgan fingerprint density at radius 2 is 2.04 bits per heavy atom. The van der Waals surface area contributed by atoms with Crippen LogP contribution in [0.5, 0.6) is 0 Å². The Morgan fingerprint density at radius 3 is 2.71 bits per heavy atom. The number of nitrogens with zero attached hydrogens (tertiary/aromatic N) is 4. The van der Waals surface area contributed by atoms with E-state index < -0.39 is 0 Å². The smallest absolute Gasteiger partial charge is 0.227 e. The van der Waals surface area contributed by atoms with Gasteiger partial charge in [0.2, 0.25) is 5.91 Å². The first-order valence-corrected chi connectivity index (χ1v) is 9.43. The van der Waals surface area contributed by atoms with Crippen LogP contribution in [0.2, 0.25) is 0 Å². The molecule has 1 aliphatic rings. The third-order valence-electron chi connectivity index (χ3n) is 4.66. The first-order chi connectivity index (χ1) is 11.4. The fraction of sp³-hybridized carbons (Fsp3) is 0.611. The molecule has 1 amide bonds. The lowest BCUT2D eigenvalue weighted by atomic mass is 9.92. The Hall–Kier alpha value is -1.69. The average molecular weight is 347 g/mol. The highest BCUT2D eigenvalue weighted by atomic mass is 32.1. The molecule has 130 valence electrons. The molecule has 3 rings (SSSR count). The van der Waals surface area contributed by atoms with Crippen molar-refractivity contribution in [3.05, 3.63) is 17.8 Å². The van der Waals surface area contributed by atoms with E-state index in [1.165, 1.54) is 4.70 Å². The van der Waals surface area contributed by atoms with Gasteiger partial charge in [0.15, 0.2) is 0 Å². The van der Waals surface area contributed by atoms with Crippen molar-refractivity contribution >= 4 is 33.3 Å². The van der Waals surface area contributed by atoms with E-state index in [9.17, 15) is 4.79 Å². The minimum Gasteiger partial charge on any atom is -0.355 e. The molecular formula is C18H26N4OS. The van der Waals surface area contributed by atoms with Gasteiger partial charge < -0.3 is 9.80 Å². The highest BCUT2D eigenvalue weighted by molar-refractivity contribution is 7.17. The molecule has 0 N–H and O–H groups in total. The molecule has 5 nitrogen and oxygen atoms in total. The molecule has 0 spiro atoms. The lowest BCUT2D eigenvalue weighted by molar-refractivity contribution is -0.138. The molecule has 1 fully saturated rings. The number of thiophene rings is 1. The van der Waals surface area contributed by atoms with E-state index >= 15 is 0 Å². The Balaban J connectivity index is 1.60. The van der Waals surface area contributed by atoms with Crippen molar-refractivity contribution in [1.82, 2.24) is 14.9 Å². The van der Waals surface area contributed by atoms with Gasteiger partial charge in [0, 0.05) is 32.1 Å². The summed E-state index contributed by atoms with van der Waals surface area (Å²) in [4.78, 5) is 25.4. The minimum atomic E-state index is -0.304. The van der Waals surface area contributed by atoms with Crippen LogP contribution in [-0.2, 0) is 4.79 Å². The summed E-state index contributed by atoms with van der Waals surface area (Å²) in [6, 6.07) is 2.05. The fourth-order valence-electron chi connectivity index (χ4n) is 3.37. The molecule has 0 bridgehead atoms. The van der Waals surface area contributed by atoms with Crippen LogP contribution in [0.25, 0.3) is 10.2 Å². The number of hydrogen-bond donors (Lipinski definition) is 0. The largest absolute Gasteiger partial charge is 0.355 e. The van der Waals surface area contributed by atoms with Crippen LogP contribution in [0, 0.1) is 11.3 Å². The van der Waals surface area contributed by atoms with Gasteiger partial charge in [-0.05, 0) is 30.2 Å². The second-order valence-electron chi connectivity index (χ2n) is 7.70. The molecule has 6 heteroatoms. The van der Waals surface area contributed by atoms with Crippen LogP contribution in [0.4, 0.5) is 5.82 Å². The summed E-state index contributed by atoms with van der Waals surface area (Å²) in [6.45, 7) is 8.78. The van der Waals surface area contributed by atoms with Crippen molar-refractivity contribution in [2.24, 2.45) is 11.3 Å². The maximum atomic E-state index is 12.3. The molecule has 0 unspecified atom stereocenters. The van der Waals surface area contributed by atoms with Crippen LogP contribution >= 0.6 is 11.3 Å². The second kappa shape index (κ2) is 6.67. The molecule has 2 aromatic heterocycles. The Labute approximate surface area is 147 Å². The predicted molar refractivity (Wildman–Crippen MR) is 99.4 cm³/mol. The van der Waals surface area contributed by atoms with Crippen LogP contribution in [0.3, 0.4) is 0 Å². The van der Waals surface area contributed by atoms with Crippen LogP contribution in [-0.4, -0.2) is 47.5 Å². The van der Waals surface area contributed by atoms with Gasteiger partial charge in [-0.25, -0.2) is 9.97 Å². The zero-order chi connectivity index (χ0) is 17.3. The van der Waals surface area contributed by atoms with Crippen molar-refractivity contribution in [2.45, 2.75) is 33.6 Å². The SMILES string of the molecule is CN(CC1CCN(c2ncnc3ccsc23)CC1)C(=O)C(C)(C)C. The lowest BCUT2D eigenvalue weighted by Crippen LogP contribution is -2.43. The first-order valence-electron chi connectivity index (χ1n) is 8.55.